The number of amides is 2. The van der Waals surface area contributed by atoms with Crippen molar-refractivity contribution in [2.75, 3.05) is 19.7 Å². The molecule has 1 aromatic carbocycles. The average molecular weight is 591 g/mol. The monoisotopic (exact) mass is 590 g/mol. The Kier molecular flexibility index (Phi) is 9.29. The van der Waals surface area contributed by atoms with Crippen LogP contribution in [0.15, 0.2) is 73.4 Å². The summed E-state index contributed by atoms with van der Waals surface area (Å²) in [5, 5.41) is 2.64. The Labute approximate surface area is 245 Å². The minimum Gasteiger partial charge on any atom is -0.488 e. The van der Waals surface area contributed by atoms with Crippen molar-refractivity contribution >= 4 is 12.0 Å². The maximum Gasteiger partial charge on any atom is 0.410 e. The first-order valence-electron chi connectivity index (χ1n) is 13.5. The molecule has 13 heteroatoms. The van der Waals surface area contributed by atoms with E-state index in [-0.39, 0.29) is 54.9 Å². The van der Waals surface area contributed by atoms with E-state index in [1.54, 1.807) is 13.0 Å². The number of alkyl halides is 1. The molecule has 1 aliphatic rings. The number of pyridine rings is 2. The highest BCUT2D eigenvalue weighted by molar-refractivity contribution is 5.94. The molecule has 0 saturated carbocycles. The van der Waals surface area contributed by atoms with Gasteiger partial charge >= 0.3 is 6.09 Å². The largest absolute Gasteiger partial charge is 0.488 e. The molecule has 4 heterocycles. The minimum atomic E-state index is -1.34. The highest BCUT2D eigenvalue weighted by Crippen LogP contribution is 2.31. The maximum absolute atomic E-state index is 14.7. The molecule has 1 aliphatic heterocycles. The molecule has 5 rings (SSSR count). The van der Waals surface area contributed by atoms with Crippen LogP contribution in [0, 0.1) is 5.82 Å². The van der Waals surface area contributed by atoms with E-state index in [2.05, 4.69) is 25.3 Å². The van der Waals surface area contributed by atoms with Crippen molar-refractivity contribution in [3.05, 3.63) is 90.4 Å². The summed E-state index contributed by atoms with van der Waals surface area (Å²) in [5.74, 6) is -0.419. The van der Waals surface area contributed by atoms with Crippen molar-refractivity contribution < 1.29 is 32.6 Å². The number of rotatable bonds is 9. The highest BCUT2D eigenvalue weighted by atomic mass is 19.1. The summed E-state index contributed by atoms with van der Waals surface area (Å²) >= 11 is 0. The molecule has 0 radical (unpaired) electrons. The van der Waals surface area contributed by atoms with Crippen LogP contribution in [0.3, 0.4) is 0 Å². The van der Waals surface area contributed by atoms with Crippen LogP contribution in [0.2, 0.25) is 0 Å². The fourth-order valence-corrected chi connectivity index (χ4v) is 4.33. The number of nitrogens with zero attached hydrogens (tertiary/aromatic N) is 5. The summed E-state index contributed by atoms with van der Waals surface area (Å²) in [4.78, 5) is 43.4. The van der Waals surface area contributed by atoms with Gasteiger partial charge in [0.1, 0.15) is 24.3 Å². The Hall–Kier alpha value is -5.20. The van der Waals surface area contributed by atoms with Crippen molar-refractivity contribution in [1.82, 2.24) is 30.2 Å². The topological polar surface area (TPSA) is 129 Å². The first-order chi connectivity index (χ1) is 20.9. The summed E-state index contributed by atoms with van der Waals surface area (Å²) in [7, 11) is 0. The molecule has 1 fully saturated rings. The molecular formula is C30H28F2N6O5. The van der Waals surface area contributed by atoms with Crippen LogP contribution < -0.4 is 14.8 Å². The average Bonchev–Trinajstić information content (AvgIpc) is 3.03. The van der Waals surface area contributed by atoms with Gasteiger partial charge in [-0.2, -0.15) is 0 Å². The summed E-state index contributed by atoms with van der Waals surface area (Å²) in [5.41, 5.74) is 1.42. The zero-order valence-corrected chi connectivity index (χ0v) is 23.2. The lowest BCUT2D eigenvalue weighted by atomic mass is 10.0. The number of hydrogen-bond donors (Lipinski definition) is 1. The number of likely N-dealkylation sites (tertiary alicyclic amines) is 1. The van der Waals surface area contributed by atoms with Gasteiger partial charge in [0.25, 0.3) is 11.8 Å². The summed E-state index contributed by atoms with van der Waals surface area (Å²) in [6.07, 6.45) is 4.71. The van der Waals surface area contributed by atoms with E-state index in [1.165, 1.54) is 35.8 Å². The predicted molar refractivity (Wildman–Crippen MR) is 150 cm³/mol. The normalized spacial score (nSPS) is 16.3. The van der Waals surface area contributed by atoms with Gasteiger partial charge in [-0.1, -0.05) is 30.3 Å². The number of carbonyl (C=O) groups excluding carboxylic acids is 2. The SMILES string of the molecule is CCOc1cc(F)cnc1Oc1cncc(-c2ncc(C(=O)N[C@@H]3CN(C(=O)OCc4ccccc4)CC[C@@H]3F)cn2)c1. The fraction of sp³-hybridized carbons (Fsp3) is 0.267. The van der Waals surface area contributed by atoms with Crippen LogP contribution in [-0.2, 0) is 11.3 Å². The van der Waals surface area contributed by atoms with Crippen LogP contribution in [0.1, 0.15) is 29.3 Å². The Balaban J connectivity index is 1.20. The molecule has 0 unspecified atom stereocenters. The third-order valence-corrected chi connectivity index (χ3v) is 6.49. The standard InChI is InChI=1S/C30H28F2N6O5/c1-2-41-26-11-22(31)15-36-29(26)43-23-10-20(12-33-16-23)27-34-13-21(14-35-27)28(39)37-25-17-38(9-8-24(25)32)30(40)42-18-19-6-4-3-5-7-19/h3-7,10-16,24-25H,2,8-9,17-18H2,1H3,(H,37,39)/t24-,25+/m0/s1. The van der Waals surface area contributed by atoms with Crippen molar-refractivity contribution in [2.45, 2.75) is 32.2 Å². The van der Waals surface area contributed by atoms with Gasteiger partial charge in [-0.05, 0) is 25.0 Å². The van der Waals surface area contributed by atoms with Gasteiger partial charge < -0.3 is 24.4 Å². The molecule has 0 bridgehead atoms. The Morgan fingerprint density at radius 2 is 1.84 bits per heavy atom. The van der Waals surface area contributed by atoms with E-state index in [1.807, 2.05) is 30.3 Å². The molecule has 4 aromatic rings. The van der Waals surface area contributed by atoms with Crippen molar-refractivity contribution in [2.24, 2.45) is 0 Å². The van der Waals surface area contributed by atoms with Gasteiger partial charge in [-0.25, -0.2) is 28.5 Å². The van der Waals surface area contributed by atoms with E-state index >= 15 is 0 Å². The van der Waals surface area contributed by atoms with Crippen molar-refractivity contribution in [3.8, 4) is 28.8 Å². The van der Waals surface area contributed by atoms with E-state index in [0.29, 0.717) is 12.2 Å². The van der Waals surface area contributed by atoms with Gasteiger partial charge in [0.15, 0.2) is 11.6 Å². The number of aromatic nitrogens is 4. The van der Waals surface area contributed by atoms with E-state index < -0.39 is 30.0 Å². The molecule has 2 amide bonds. The zero-order valence-electron chi connectivity index (χ0n) is 23.2. The van der Waals surface area contributed by atoms with Crippen molar-refractivity contribution in [3.63, 3.8) is 0 Å². The number of benzene rings is 1. The third kappa shape index (κ3) is 7.56. The van der Waals surface area contributed by atoms with E-state index in [4.69, 9.17) is 14.2 Å². The van der Waals surface area contributed by atoms with Crippen LogP contribution >= 0.6 is 0 Å². The lowest BCUT2D eigenvalue weighted by Crippen LogP contribution is -2.55. The lowest BCUT2D eigenvalue weighted by Gasteiger charge is -2.34. The summed E-state index contributed by atoms with van der Waals surface area (Å²) < 4.78 is 44.8. The van der Waals surface area contributed by atoms with E-state index in [0.717, 1.165) is 11.8 Å². The van der Waals surface area contributed by atoms with Gasteiger partial charge in [0.2, 0.25) is 0 Å². The quantitative estimate of drug-likeness (QED) is 0.294. The van der Waals surface area contributed by atoms with Gasteiger partial charge in [-0.15, -0.1) is 0 Å². The maximum atomic E-state index is 14.7. The molecular weight excluding hydrogens is 562 g/mol. The number of piperidine rings is 1. The molecule has 0 spiro atoms. The second-order valence-corrected chi connectivity index (χ2v) is 9.57. The lowest BCUT2D eigenvalue weighted by molar-refractivity contribution is 0.0591. The summed E-state index contributed by atoms with van der Waals surface area (Å²) in [6.45, 7) is 2.28. The first-order valence-corrected chi connectivity index (χ1v) is 13.5. The minimum absolute atomic E-state index is 0.0359. The Morgan fingerprint density at radius 3 is 2.60 bits per heavy atom. The smallest absolute Gasteiger partial charge is 0.410 e. The molecule has 1 saturated heterocycles. The van der Waals surface area contributed by atoms with Crippen LogP contribution in [0.25, 0.3) is 11.4 Å². The molecule has 3 aromatic heterocycles. The number of nitrogens with one attached hydrogen (secondary N) is 1. The second-order valence-electron chi connectivity index (χ2n) is 9.57. The molecule has 0 aliphatic carbocycles. The van der Waals surface area contributed by atoms with Gasteiger partial charge in [0, 0.05) is 43.3 Å². The molecule has 222 valence electrons. The Bertz CT molecular complexity index is 1560. The molecule has 2 atom stereocenters. The van der Waals surface area contributed by atoms with Gasteiger partial charge in [-0.3, -0.25) is 9.78 Å². The Morgan fingerprint density at radius 1 is 1.05 bits per heavy atom. The van der Waals surface area contributed by atoms with Gasteiger partial charge in [0.05, 0.1) is 30.6 Å². The highest BCUT2D eigenvalue weighted by Gasteiger charge is 2.33. The first kappa shape index (κ1) is 29.3. The zero-order chi connectivity index (χ0) is 30.2. The number of ether oxygens (including phenoxy) is 3. The van der Waals surface area contributed by atoms with Crippen molar-refractivity contribution in [1.29, 1.82) is 0 Å². The summed E-state index contributed by atoms with van der Waals surface area (Å²) in [6, 6.07) is 11.1. The van der Waals surface area contributed by atoms with Crippen LogP contribution in [-0.4, -0.2) is 68.7 Å². The molecule has 1 N–H and O–H groups in total. The fourth-order valence-electron chi connectivity index (χ4n) is 4.33. The van der Waals surface area contributed by atoms with Crippen LogP contribution in [0.5, 0.6) is 17.4 Å². The molecule has 43 heavy (non-hydrogen) atoms. The van der Waals surface area contributed by atoms with E-state index in [9.17, 15) is 18.4 Å². The second kappa shape index (κ2) is 13.6. The number of carbonyl (C=O) groups is 2. The third-order valence-electron chi connectivity index (χ3n) is 6.49. The number of halogens is 2. The molecule has 11 nitrogen and oxygen atoms in total. The number of hydrogen-bond acceptors (Lipinski definition) is 9. The predicted octanol–water partition coefficient (Wildman–Crippen LogP) is 4.74. The van der Waals surface area contributed by atoms with Crippen LogP contribution in [0.4, 0.5) is 13.6 Å².